The third-order valence-corrected chi connectivity index (χ3v) is 2.78. The summed E-state index contributed by atoms with van der Waals surface area (Å²) >= 11 is 0. The van der Waals surface area contributed by atoms with Crippen molar-refractivity contribution in [2.45, 2.75) is 76.7 Å². The normalized spacial score (nSPS) is 15.4. The molecule has 0 heterocycles. The van der Waals surface area contributed by atoms with Crippen LogP contribution in [0, 0.1) is 0 Å². The van der Waals surface area contributed by atoms with Crippen molar-refractivity contribution in [3.05, 3.63) is 0 Å². The Hall–Kier alpha value is -0.160. The summed E-state index contributed by atoms with van der Waals surface area (Å²) in [5.74, 6) is 0. The lowest BCUT2D eigenvalue weighted by Crippen LogP contribution is -2.31. The second-order valence-electron chi connectivity index (χ2n) is 4.62. The fourth-order valence-electron chi connectivity index (χ4n) is 1.77. The van der Waals surface area contributed by atoms with Crippen molar-refractivity contribution in [1.82, 2.24) is 0 Å². The van der Waals surface area contributed by atoms with E-state index in [4.69, 9.17) is 11.5 Å². The van der Waals surface area contributed by atoms with E-state index in [9.17, 15) is 10.2 Å². The number of unbranched alkanes of at least 4 members (excludes halogenated alkanes) is 1. The molecule has 2 atom stereocenters. The molecule has 0 aliphatic rings. The second kappa shape index (κ2) is 10.0. The van der Waals surface area contributed by atoms with Crippen LogP contribution in [0.25, 0.3) is 0 Å². The van der Waals surface area contributed by atoms with Crippen LogP contribution in [0.5, 0.6) is 0 Å². The lowest BCUT2D eigenvalue weighted by molar-refractivity contribution is 0.132. The molecule has 2 unspecified atom stereocenters. The summed E-state index contributed by atoms with van der Waals surface area (Å²) in [6.07, 6.45) is 6.04. The summed E-state index contributed by atoms with van der Waals surface area (Å²) in [6, 6.07) is 0. The Balaban J connectivity index is 3.30. The zero-order chi connectivity index (χ0) is 12.4. The maximum atomic E-state index is 9.59. The van der Waals surface area contributed by atoms with E-state index in [1.165, 1.54) is 0 Å². The van der Waals surface area contributed by atoms with Gasteiger partial charge in [-0.2, -0.15) is 0 Å². The van der Waals surface area contributed by atoms with Crippen LogP contribution in [-0.2, 0) is 0 Å². The van der Waals surface area contributed by atoms with Crippen LogP contribution in [0.4, 0.5) is 0 Å². The maximum absolute atomic E-state index is 9.59. The van der Waals surface area contributed by atoms with E-state index in [0.717, 1.165) is 38.5 Å². The van der Waals surface area contributed by atoms with Crippen molar-refractivity contribution in [3.8, 4) is 0 Å². The van der Waals surface area contributed by atoms with Gasteiger partial charge in [0.05, 0.1) is 18.4 Å². The molecule has 6 N–H and O–H groups in total. The average Bonchev–Trinajstić information content (AvgIpc) is 2.22. The van der Waals surface area contributed by atoms with E-state index in [2.05, 4.69) is 6.92 Å². The van der Waals surface area contributed by atoms with E-state index >= 15 is 0 Å². The summed E-state index contributed by atoms with van der Waals surface area (Å²) in [5.41, 5.74) is 10.8. The summed E-state index contributed by atoms with van der Waals surface area (Å²) in [6.45, 7) is 2.07. The summed E-state index contributed by atoms with van der Waals surface area (Å²) in [7, 11) is 0. The minimum atomic E-state index is -0.318. The van der Waals surface area contributed by atoms with Crippen molar-refractivity contribution in [2.75, 3.05) is 0 Å². The van der Waals surface area contributed by atoms with Gasteiger partial charge in [-0.05, 0) is 32.1 Å². The van der Waals surface area contributed by atoms with E-state index in [-0.39, 0.29) is 18.4 Å². The van der Waals surface area contributed by atoms with Gasteiger partial charge in [0, 0.05) is 0 Å². The van der Waals surface area contributed by atoms with Gasteiger partial charge in [0.25, 0.3) is 0 Å². The van der Waals surface area contributed by atoms with Crippen LogP contribution in [0.2, 0.25) is 0 Å². The van der Waals surface area contributed by atoms with Gasteiger partial charge in [-0.25, -0.2) is 0 Å². The Morgan fingerprint density at radius 2 is 1.31 bits per heavy atom. The highest BCUT2D eigenvalue weighted by Gasteiger charge is 2.07. The first-order valence-corrected chi connectivity index (χ1v) is 6.43. The number of aliphatic hydroxyl groups is 2. The quantitative estimate of drug-likeness (QED) is 0.335. The molecule has 98 valence electrons. The molecule has 0 aromatic carbocycles. The number of hydrogen-bond donors (Lipinski definition) is 4. The molecule has 4 heteroatoms. The van der Waals surface area contributed by atoms with E-state index in [0.29, 0.717) is 12.8 Å². The monoisotopic (exact) mass is 232 g/mol. The number of nitrogens with two attached hydrogens (primary N) is 2. The average molecular weight is 232 g/mol. The largest absolute Gasteiger partial charge is 0.393 e. The van der Waals surface area contributed by atoms with E-state index in [1.54, 1.807) is 0 Å². The fraction of sp³-hybridized carbons (Fsp3) is 1.00. The molecular formula is C12H28N2O2. The Labute approximate surface area is 99.0 Å². The van der Waals surface area contributed by atoms with E-state index in [1.807, 2.05) is 0 Å². The fourth-order valence-corrected chi connectivity index (χ4v) is 1.77. The molecule has 0 aromatic rings. The minimum Gasteiger partial charge on any atom is -0.393 e. The van der Waals surface area contributed by atoms with Gasteiger partial charge in [-0.15, -0.1) is 0 Å². The molecule has 0 radical (unpaired) electrons. The van der Waals surface area contributed by atoms with Crippen LogP contribution in [-0.4, -0.2) is 28.6 Å². The molecule has 0 rings (SSSR count). The second-order valence-corrected chi connectivity index (χ2v) is 4.62. The number of rotatable bonds is 10. The van der Waals surface area contributed by atoms with Gasteiger partial charge in [0.1, 0.15) is 0 Å². The van der Waals surface area contributed by atoms with Crippen molar-refractivity contribution in [1.29, 1.82) is 0 Å². The molecule has 0 fully saturated rings. The molecule has 0 saturated carbocycles. The summed E-state index contributed by atoms with van der Waals surface area (Å²) < 4.78 is 0. The van der Waals surface area contributed by atoms with Crippen LogP contribution in [0.15, 0.2) is 0 Å². The van der Waals surface area contributed by atoms with Gasteiger partial charge in [-0.1, -0.05) is 26.2 Å². The lowest BCUT2D eigenvalue weighted by atomic mass is 10.0. The predicted molar refractivity (Wildman–Crippen MR) is 66.8 cm³/mol. The molecule has 0 bridgehead atoms. The molecule has 0 aliphatic heterocycles. The van der Waals surface area contributed by atoms with Gasteiger partial charge < -0.3 is 21.7 Å². The first-order chi connectivity index (χ1) is 7.56. The van der Waals surface area contributed by atoms with Crippen LogP contribution in [0.1, 0.15) is 58.3 Å². The Morgan fingerprint density at radius 1 is 0.812 bits per heavy atom. The molecule has 16 heavy (non-hydrogen) atoms. The molecule has 0 amide bonds. The molecule has 4 nitrogen and oxygen atoms in total. The first-order valence-electron chi connectivity index (χ1n) is 6.43. The standard InChI is InChI=1S/C12H28N2O2/c1-2-5-10(15)6-3-4-7-11(16)8-9-12(13)14/h10-12,15-16H,2-9,13-14H2,1H3. The molecule has 0 saturated heterocycles. The topological polar surface area (TPSA) is 92.5 Å². The third kappa shape index (κ3) is 10.4. The van der Waals surface area contributed by atoms with Crippen molar-refractivity contribution < 1.29 is 10.2 Å². The van der Waals surface area contributed by atoms with Crippen molar-refractivity contribution in [2.24, 2.45) is 11.5 Å². The third-order valence-electron chi connectivity index (χ3n) is 2.78. The summed E-state index contributed by atoms with van der Waals surface area (Å²) in [4.78, 5) is 0. The summed E-state index contributed by atoms with van der Waals surface area (Å²) in [5, 5.41) is 19.1. The number of hydrogen-bond acceptors (Lipinski definition) is 4. The van der Waals surface area contributed by atoms with Gasteiger partial charge in [0.15, 0.2) is 0 Å². The highest BCUT2D eigenvalue weighted by atomic mass is 16.3. The minimum absolute atomic E-state index is 0.167. The predicted octanol–water partition coefficient (Wildman–Crippen LogP) is 1.09. The highest BCUT2D eigenvalue weighted by Crippen LogP contribution is 2.11. The van der Waals surface area contributed by atoms with Crippen molar-refractivity contribution in [3.63, 3.8) is 0 Å². The van der Waals surface area contributed by atoms with Crippen molar-refractivity contribution >= 4 is 0 Å². The number of aliphatic hydroxyl groups excluding tert-OH is 2. The maximum Gasteiger partial charge on any atom is 0.0541 e. The van der Waals surface area contributed by atoms with E-state index < -0.39 is 0 Å². The smallest absolute Gasteiger partial charge is 0.0541 e. The molecule has 0 spiro atoms. The Bertz CT molecular complexity index is 154. The van der Waals surface area contributed by atoms with Gasteiger partial charge in [0.2, 0.25) is 0 Å². The van der Waals surface area contributed by atoms with Crippen LogP contribution < -0.4 is 11.5 Å². The lowest BCUT2D eigenvalue weighted by Gasteiger charge is -2.13. The zero-order valence-corrected chi connectivity index (χ0v) is 10.4. The highest BCUT2D eigenvalue weighted by molar-refractivity contribution is 4.61. The SMILES string of the molecule is CCCC(O)CCCCC(O)CCC(N)N. The molecular weight excluding hydrogens is 204 g/mol. The first kappa shape index (κ1) is 15.8. The Morgan fingerprint density at radius 3 is 1.75 bits per heavy atom. The van der Waals surface area contributed by atoms with Gasteiger partial charge in [-0.3, -0.25) is 0 Å². The van der Waals surface area contributed by atoms with Gasteiger partial charge >= 0.3 is 0 Å². The zero-order valence-electron chi connectivity index (χ0n) is 10.4. The van der Waals surface area contributed by atoms with Crippen LogP contribution in [0.3, 0.4) is 0 Å². The Kier molecular flexibility index (Phi) is 9.92. The molecule has 0 aliphatic carbocycles. The van der Waals surface area contributed by atoms with Crippen LogP contribution >= 0.6 is 0 Å². The molecule has 0 aromatic heterocycles.